The van der Waals surface area contributed by atoms with Crippen LogP contribution in [0.1, 0.15) is 10.4 Å². The monoisotopic (exact) mass is 323 g/mol. The van der Waals surface area contributed by atoms with Gasteiger partial charge in [0.25, 0.3) is 5.91 Å². The van der Waals surface area contributed by atoms with Crippen molar-refractivity contribution < 1.29 is 4.79 Å². The Labute approximate surface area is 140 Å². The molecule has 0 saturated heterocycles. The van der Waals surface area contributed by atoms with Crippen LogP contribution in [0, 0.1) is 0 Å². The smallest absolute Gasteiger partial charge is 0.253 e. The molecule has 4 N–H and O–H groups in total. The lowest BCUT2D eigenvalue weighted by Crippen LogP contribution is -2.31. The molecule has 2 aromatic carbocycles. The van der Waals surface area contributed by atoms with Crippen molar-refractivity contribution in [3.05, 3.63) is 48.0 Å². The molecule has 0 aliphatic carbocycles. The van der Waals surface area contributed by atoms with Crippen LogP contribution in [0.15, 0.2) is 42.5 Å². The van der Waals surface area contributed by atoms with Gasteiger partial charge in [0.1, 0.15) is 11.3 Å². The van der Waals surface area contributed by atoms with Gasteiger partial charge in [-0.25, -0.2) is 4.98 Å². The van der Waals surface area contributed by atoms with E-state index in [0.717, 1.165) is 23.4 Å². The normalized spacial score (nSPS) is 11.1. The molecule has 0 fully saturated rings. The SMILES string of the molecule is CN(C)CCNC(=O)c1cccc2[nH]c(-c3ccc(N)cc3)nc12. The number of aromatic amines is 1. The fourth-order valence-corrected chi connectivity index (χ4v) is 2.48. The lowest BCUT2D eigenvalue weighted by atomic mass is 10.1. The van der Waals surface area contributed by atoms with Gasteiger partial charge >= 0.3 is 0 Å². The Kier molecular flexibility index (Phi) is 4.48. The highest BCUT2D eigenvalue weighted by atomic mass is 16.1. The minimum atomic E-state index is -0.113. The van der Waals surface area contributed by atoms with Crippen LogP contribution >= 0.6 is 0 Å². The van der Waals surface area contributed by atoms with Gasteiger partial charge in [-0.05, 0) is 50.5 Å². The molecule has 0 unspecified atom stereocenters. The van der Waals surface area contributed by atoms with Crippen molar-refractivity contribution in [2.75, 3.05) is 32.9 Å². The number of benzene rings is 2. The number of H-pyrrole nitrogens is 1. The summed E-state index contributed by atoms with van der Waals surface area (Å²) in [6.45, 7) is 1.39. The van der Waals surface area contributed by atoms with Crippen LogP contribution in [0.5, 0.6) is 0 Å². The summed E-state index contributed by atoms with van der Waals surface area (Å²) in [6, 6.07) is 13.0. The Hall–Kier alpha value is -2.86. The van der Waals surface area contributed by atoms with Gasteiger partial charge in [-0.3, -0.25) is 4.79 Å². The Balaban J connectivity index is 1.90. The first-order chi connectivity index (χ1) is 11.5. The average Bonchev–Trinajstić information content (AvgIpc) is 2.99. The van der Waals surface area contributed by atoms with Gasteiger partial charge in [-0.15, -0.1) is 0 Å². The van der Waals surface area contributed by atoms with Crippen molar-refractivity contribution in [2.24, 2.45) is 0 Å². The Bertz CT molecular complexity index is 851. The van der Waals surface area contributed by atoms with Crippen LogP contribution < -0.4 is 11.1 Å². The van der Waals surface area contributed by atoms with E-state index < -0.39 is 0 Å². The Morgan fingerprint density at radius 2 is 1.96 bits per heavy atom. The fraction of sp³-hybridized carbons (Fsp3) is 0.222. The molecule has 6 heteroatoms. The highest BCUT2D eigenvalue weighted by molar-refractivity contribution is 6.05. The molecule has 1 aromatic heterocycles. The zero-order chi connectivity index (χ0) is 17.1. The minimum Gasteiger partial charge on any atom is -0.399 e. The summed E-state index contributed by atoms with van der Waals surface area (Å²) in [6.07, 6.45) is 0. The third-order valence-electron chi connectivity index (χ3n) is 3.79. The van der Waals surface area contributed by atoms with Crippen LogP contribution in [0.2, 0.25) is 0 Å². The lowest BCUT2D eigenvalue weighted by molar-refractivity contribution is 0.0952. The molecule has 0 aliphatic rings. The van der Waals surface area contributed by atoms with Crippen molar-refractivity contribution >= 4 is 22.6 Å². The third-order valence-corrected chi connectivity index (χ3v) is 3.79. The second-order valence-corrected chi connectivity index (χ2v) is 5.97. The standard InChI is InChI=1S/C18H21N5O/c1-23(2)11-10-20-18(24)14-4-3-5-15-16(14)22-17(21-15)12-6-8-13(19)9-7-12/h3-9H,10-11,19H2,1-2H3,(H,20,24)(H,21,22). The van der Waals surface area contributed by atoms with Crippen molar-refractivity contribution in [1.82, 2.24) is 20.2 Å². The van der Waals surface area contributed by atoms with E-state index in [0.29, 0.717) is 23.3 Å². The number of amides is 1. The third kappa shape index (κ3) is 3.38. The van der Waals surface area contributed by atoms with Gasteiger partial charge in [0.15, 0.2) is 0 Å². The maximum absolute atomic E-state index is 12.4. The van der Waals surface area contributed by atoms with Crippen molar-refractivity contribution in [3.63, 3.8) is 0 Å². The number of hydrogen-bond acceptors (Lipinski definition) is 4. The predicted molar refractivity (Wildman–Crippen MR) is 96.8 cm³/mol. The number of aromatic nitrogens is 2. The van der Waals surface area contributed by atoms with Crippen LogP contribution in [0.25, 0.3) is 22.4 Å². The van der Waals surface area contributed by atoms with Crippen molar-refractivity contribution in [1.29, 1.82) is 0 Å². The molecular weight excluding hydrogens is 302 g/mol. The van der Waals surface area contributed by atoms with E-state index in [4.69, 9.17) is 5.73 Å². The number of para-hydroxylation sites is 1. The molecule has 3 rings (SSSR count). The number of nitrogens with one attached hydrogen (secondary N) is 2. The number of likely N-dealkylation sites (N-methyl/N-ethyl adjacent to an activating group) is 1. The number of fused-ring (bicyclic) bond motifs is 1. The maximum atomic E-state index is 12.4. The van der Waals surface area contributed by atoms with E-state index in [1.165, 1.54) is 0 Å². The summed E-state index contributed by atoms with van der Waals surface area (Å²) in [7, 11) is 3.94. The van der Waals surface area contributed by atoms with Crippen LogP contribution in [-0.4, -0.2) is 48.0 Å². The zero-order valence-electron chi connectivity index (χ0n) is 13.8. The lowest BCUT2D eigenvalue weighted by Gasteiger charge is -2.10. The second-order valence-electron chi connectivity index (χ2n) is 5.97. The quantitative estimate of drug-likeness (QED) is 0.628. The molecule has 124 valence electrons. The number of nitrogens with two attached hydrogens (primary N) is 1. The first-order valence-electron chi connectivity index (χ1n) is 7.82. The largest absolute Gasteiger partial charge is 0.399 e. The highest BCUT2D eigenvalue weighted by Gasteiger charge is 2.14. The molecule has 0 radical (unpaired) electrons. The van der Waals surface area contributed by atoms with E-state index >= 15 is 0 Å². The molecule has 0 atom stereocenters. The second kappa shape index (κ2) is 6.72. The Morgan fingerprint density at radius 1 is 1.21 bits per heavy atom. The van der Waals surface area contributed by atoms with E-state index in [9.17, 15) is 4.79 Å². The summed E-state index contributed by atoms with van der Waals surface area (Å²) in [5.41, 5.74) is 9.44. The molecule has 3 aromatic rings. The average molecular weight is 323 g/mol. The number of hydrogen-bond donors (Lipinski definition) is 3. The predicted octanol–water partition coefficient (Wildman–Crippen LogP) is 2.10. The van der Waals surface area contributed by atoms with Gasteiger partial charge < -0.3 is 20.9 Å². The number of nitrogen functional groups attached to an aromatic ring is 1. The van der Waals surface area contributed by atoms with Gasteiger partial charge in [-0.2, -0.15) is 0 Å². The summed E-state index contributed by atoms with van der Waals surface area (Å²) >= 11 is 0. The maximum Gasteiger partial charge on any atom is 0.253 e. The number of anilines is 1. The first-order valence-corrected chi connectivity index (χ1v) is 7.82. The molecule has 0 spiro atoms. The number of carbonyl (C=O) groups is 1. The zero-order valence-corrected chi connectivity index (χ0v) is 13.8. The first kappa shape index (κ1) is 16.0. The Morgan fingerprint density at radius 3 is 2.67 bits per heavy atom. The van der Waals surface area contributed by atoms with Gasteiger partial charge in [-0.1, -0.05) is 6.07 Å². The molecule has 1 heterocycles. The summed E-state index contributed by atoms with van der Waals surface area (Å²) in [4.78, 5) is 22.3. The molecular formula is C18H21N5O. The van der Waals surface area contributed by atoms with Gasteiger partial charge in [0, 0.05) is 24.3 Å². The molecule has 24 heavy (non-hydrogen) atoms. The minimum absolute atomic E-state index is 0.113. The van der Waals surface area contributed by atoms with E-state index in [1.807, 2.05) is 55.4 Å². The van der Waals surface area contributed by atoms with Crippen LogP contribution in [0.3, 0.4) is 0 Å². The van der Waals surface area contributed by atoms with Gasteiger partial charge in [0.2, 0.25) is 0 Å². The van der Waals surface area contributed by atoms with E-state index in [1.54, 1.807) is 6.07 Å². The van der Waals surface area contributed by atoms with E-state index in [2.05, 4.69) is 15.3 Å². The fourth-order valence-electron chi connectivity index (χ4n) is 2.48. The molecule has 0 aliphatic heterocycles. The number of rotatable bonds is 5. The molecule has 6 nitrogen and oxygen atoms in total. The number of carbonyl (C=O) groups excluding carboxylic acids is 1. The van der Waals surface area contributed by atoms with Crippen LogP contribution in [0.4, 0.5) is 5.69 Å². The van der Waals surface area contributed by atoms with Crippen molar-refractivity contribution in [3.8, 4) is 11.4 Å². The van der Waals surface area contributed by atoms with Gasteiger partial charge in [0.05, 0.1) is 11.1 Å². The van der Waals surface area contributed by atoms with Crippen molar-refractivity contribution in [2.45, 2.75) is 0 Å². The number of nitrogens with zero attached hydrogens (tertiary/aromatic N) is 2. The van der Waals surface area contributed by atoms with E-state index in [-0.39, 0.29) is 5.91 Å². The van der Waals surface area contributed by atoms with Crippen LogP contribution in [-0.2, 0) is 0 Å². The summed E-state index contributed by atoms with van der Waals surface area (Å²) in [5.74, 6) is 0.608. The summed E-state index contributed by atoms with van der Waals surface area (Å²) < 4.78 is 0. The highest BCUT2D eigenvalue weighted by Crippen LogP contribution is 2.23. The molecule has 1 amide bonds. The molecule has 0 saturated carbocycles. The molecule has 0 bridgehead atoms. The number of imidazole rings is 1. The summed E-state index contributed by atoms with van der Waals surface area (Å²) in [5, 5.41) is 2.93. The topological polar surface area (TPSA) is 87.0 Å².